The Morgan fingerprint density at radius 1 is 1.35 bits per heavy atom. The second-order valence-electron chi connectivity index (χ2n) is 4.67. The number of carbonyl (C=O) groups excluding carboxylic acids is 1. The van der Waals surface area contributed by atoms with Crippen molar-refractivity contribution in [3.8, 4) is 11.8 Å². The molecule has 0 bridgehead atoms. The van der Waals surface area contributed by atoms with Gasteiger partial charge in [0.15, 0.2) is 0 Å². The van der Waals surface area contributed by atoms with Crippen LogP contribution < -0.4 is 10.1 Å². The highest BCUT2D eigenvalue weighted by Gasteiger charge is 2.11. The van der Waals surface area contributed by atoms with Crippen LogP contribution in [0.15, 0.2) is 24.3 Å². The predicted octanol–water partition coefficient (Wildman–Crippen LogP) is 3.29. The van der Waals surface area contributed by atoms with Gasteiger partial charge in [-0.3, -0.25) is 4.79 Å². The lowest BCUT2D eigenvalue weighted by atomic mass is 10.1. The van der Waals surface area contributed by atoms with E-state index >= 15 is 0 Å². The molecule has 0 aromatic heterocycles. The number of hydrogen-bond donors (Lipinski definition) is 1. The molecule has 0 heterocycles. The highest BCUT2D eigenvalue weighted by molar-refractivity contribution is 5.94. The summed E-state index contributed by atoms with van der Waals surface area (Å²) in [5, 5.41) is 11.5. The summed E-state index contributed by atoms with van der Waals surface area (Å²) in [6.07, 6.45) is 3.20. The Labute approximate surface area is 120 Å². The molecule has 1 unspecified atom stereocenters. The van der Waals surface area contributed by atoms with Crippen molar-refractivity contribution < 1.29 is 9.53 Å². The van der Waals surface area contributed by atoms with Crippen LogP contribution in [-0.4, -0.2) is 18.6 Å². The number of carbonyl (C=O) groups is 1. The summed E-state index contributed by atoms with van der Waals surface area (Å²) in [4.78, 5) is 12.0. The SMILES string of the molecule is CCCCOc1ccc(C(=O)NC(CC)CC#N)cc1. The first-order chi connectivity index (χ1) is 9.71. The van der Waals surface area contributed by atoms with Gasteiger partial charge in [-0.1, -0.05) is 20.3 Å². The fourth-order valence-electron chi connectivity index (χ4n) is 1.71. The Kier molecular flexibility index (Phi) is 7.20. The van der Waals surface area contributed by atoms with Crippen LogP contribution in [0.4, 0.5) is 0 Å². The molecular weight excluding hydrogens is 252 g/mol. The fraction of sp³-hybridized carbons (Fsp3) is 0.500. The maximum absolute atomic E-state index is 12.0. The number of rotatable bonds is 8. The van der Waals surface area contributed by atoms with Gasteiger partial charge in [0.25, 0.3) is 5.91 Å². The number of ether oxygens (including phenoxy) is 1. The smallest absolute Gasteiger partial charge is 0.251 e. The first-order valence-electron chi connectivity index (χ1n) is 7.11. The van der Waals surface area contributed by atoms with Gasteiger partial charge in [0.05, 0.1) is 19.1 Å². The minimum absolute atomic E-state index is 0.0898. The van der Waals surface area contributed by atoms with E-state index in [1.54, 1.807) is 24.3 Å². The van der Waals surface area contributed by atoms with Crippen molar-refractivity contribution in [1.29, 1.82) is 5.26 Å². The highest BCUT2D eigenvalue weighted by Crippen LogP contribution is 2.13. The maximum Gasteiger partial charge on any atom is 0.251 e. The van der Waals surface area contributed by atoms with Gasteiger partial charge in [-0.2, -0.15) is 5.26 Å². The largest absolute Gasteiger partial charge is 0.494 e. The van der Waals surface area contributed by atoms with Crippen LogP contribution in [0.1, 0.15) is 49.9 Å². The third-order valence-corrected chi connectivity index (χ3v) is 3.05. The molecule has 20 heavy (non-hydrogen) atoms. The molecule has 0 saturated heterocycles. The van der Waals surface area contributed by atoms with E-state index in [-0.39, 0.29) is 11.9 Å². The van der Waals surface area contributed by atoms with Gasteiger partial charge in [0, 0.05) is 11.6 Å². The second kappa shape index (κ2) is 8.98. The van der Waals surface area contributed by atoms with Gasteiger partial charge in [-0.05, 0) is 37.1 Å². The highest BCUT2D eigenvalue weighted by atomic mass is 16.5. The zero-order valence-electron chi connectivity index (χ0n) is 12.2. The van der Waals surface area contributed by atoms with Crippen molar-refractivity contribution >= 4 is 5.91 Å². The first-order valence-corrected chi connectivity index (χ1v) is 7.11. The molecule has 1 aromatic rings. The minimum atomic E-state index is -0.146. The van der Waals surface area contributed by atoms with Crippen LogP contribution in [0.2, 0.25) is 0 Å². The number of nitriles is 1. The molecule has 0 aliphatic carbocycles. The molecular formula is C16H22N2O2. The lowest BCUT2D eigenvalue weighted by Gasteiger charge is -2.13. The van der Waals surface area contributed by atoms with Gasteiger partial charge >= 0.3 is 0 Å². The zero-order chi connectivity index (χ0) is 14.8. The fourth-order valence-corrected chi connectivity index (χ4v) is 1.71. The number of nitrogens with one attached hydrogen (secondary N) is 1. The molecule has 108 valence electrons. The molecule has 1 N–H and O–H groups in total. The molecule has 0 saturated carbocycles. The maximum atomic E-state index is 12.0. The van der Waals surface area contributed by atoms with Gasteiger partial charge in [-0.25, -0.2) is 0 Å². The number of unbranched alkanes of at least 4 members (excludes halogenated alkanes) is 1. The summed E-state index contributed by atoms with van der Waals surface area (Å²) in [6, 6.07) is 9.08. The van der Waals surface area contributed by atoms with E-state index in [1.807, 2.05) is 6.92 Å². The summed E-state index contributed by atoms with van der Waals surface area (Å²) in [6.45, 7) is 4.76. The standard InChI is InChI=1S/C16H22N2O2/c1-3-5-12-20-15-8-6-13(7-9-15)16(19)18-14(4-2)10-11-17/h6-9,14H,3-5,10,12H2,1-2H3,(H,18,19). The van der Waals surface area contributed by atoms with Crippen molar-refractivity contribution in [2.45, 2.75) is 45.6 Å². The number of nitrogens with zero attached hydrogens (tertiary/aromatic N) is 1. The summed E-state index contributed by atoms with van der Waals surface area (Å²) >= 11 is 0. The summed E-state index contributed by atoms with van der Waals surface area (Å²) in [5.41, 5.74) is 0.587. The number of benzene rings is 1. The predicted molar refractivity (Wildman–Crippen MR) is 78.6 cm³/mol. The lowest BCUT2D eigenvalue weighted by molar-refractivity contribution is 0.0936. The average molecular weight is 274 g/mol. The minimum Gasteiger partial charge on any atom is -0.494 e. The molecule has 0 fully saturated rings. The van der Waals surface area contributed by atoms with E-state index in [0.717, 1.165) is 25.0 Å². The Balaban J connectivity index is 2.54. The van der Waals surface area contributed by atoms with Gasteiger partial charge in [0.1, 0.15) is 5.75 Å². The summed E-state index contributed by atoms with van der Waals surface area (Å²) in [7, 11) is 0. The van der Waals surface area contributed by atoms with Crippen molar-refractivity contribution in [3.63, 3.8) is 0 Å². The van der Waals surface area contributed by atoms with E-state index < -0.39 is 0 Å². The van der Waals surface area contributed by atoms with Crippen LogP contribution in [0.5, 0.6) is 5.75 Å². The van der Waals surface area contributed by atoms with Crippen LogP contribution in [-0.2, 0) is 0 Å². The van der Waals surface area contributed by atoms with Crippen LogP contribution in [0.3, 0.4) is 0 Å². The monoisotopic (exact) mass is 274 g/mol. The molecule has 1 aromatic carbocycles. The normalized spacial score (nSPS) is 11.4. The van der Waals surface area contributed by atoms with E-state index in [0.29, 0.717) is 18.6 Å². The topological polar surface area (TPSA) is 62.1 Å². The molecule has 1 atom stereocenters. The van der Waals surface area contributed by atoms with Crippen molar-refractivity contribution in [2.24, 2.45) is 0 Å². The summed E-state index contributed by atoms with van der Waals surface area (Å²) in [5.74, 6) is 0.631. The molecule has 0 spiro atoms. The third-order valence-electron chi connectivity index (χ3n) is 3.05. The molecule has 0 radical (unpaired) electrons. The molecule has 4 heteroatoms. The lowest BCUT2D eigenvalue weighted by Crippen LogP contribution is -2.34. The van der Waals surface area contributed by atoms with Crippen LogP contribution >= 0.6 is 0 Å². The number of hydrogen-bond acceptors (Lipinski definition) is 3. The Morgan fingerprint density at radius 2 is 2.05 bits per heavy atom. The average Bonchev–Trinajstić information content (AvgIpc) is 2.47. The quantitative estimate of drug-likeness (QED) is 0.740. The zero-order valence-corrected chi connectivity index (χ0v) is 12.2. The van der Waals surface area contributed by atoms with Crippen molar-refractivity contribution in [2.75, 3.05) is 6.61 Å². The van der Waals surface area contributed by atoms with Gasteiger partial charge in [0.2, 0.25) is 0 Å². The van der Waals surface area contributed by atoms with E-state index in [1.165, 1.54) is 0 Å². The van der Waals surface area contributed by atoms with Gasteiger partial charge < -0.3 is 10.1 Å². The molecule has 1 amide bonds. The first kappa shape index (κ1) is 16.0. The Morgan fingerprint density at radius 3 is 2.60 bits per heavy atom. The summed E-state index contributed by atoms with van der Waals surface area (Å²) < 4.78 is 5.55. The van der Waals surface area contributed by atoms with Crippen LogP contribution in [0.25, 0.3) is 0 Å². The van der Waals surface area contributed by atoms with E-state index in [4.69, 9.17) is 10.00 Å². The third kappa shape index (κ3) is 5.31. The second-order valence-corrected chi connectivity index (χ2v) is 4.67. The van der Waals surface area contributed by atoms with Crippen LogP contribution in [0, 0.1) is 11.3 Å². The van der Waals surface area contributed by atoms with E-state index in [9.17, 15) is 4.79 Å². The number of amides is 1. The van der Waals surface area contributed by atoms with Gasteiger partial charge in [-0.15, -0.1) is 0 Å². The van der Waals surface area contributed by atoms with E-state index in [2.05, 4.69) is 18.3 Å². The molecule has 0 aliphatic rings. The Hall–Kier alpha value is -2.02. The van der Waals surface area contributed by atoms with Crippen molar-refractivity contribution in [3.05, 3.63) is 29.8 Å². The Bertz CT molecular complexity index is 449. The molecule has 4 nitrogen and oxygen atoms in total. The molecule has 1 rings (SSSR count). The van der Waals surface area contributed by atoms with Crippen molar-refractivity contribution in [1.82, 2.24) is 5.32 Å². The molecule has 0 aliphatic heterocycles.